The molecule has 118 valence electrons. The molecule has 2 aromatic rings. The molecule has 23 heavy (non-hydrogen) atoms. The van der Waals surface area contributed by atoms with Crippen molar-refractivity contribution in [2.24, 2.45) is 5.10 Å². The zero-order valence-electron chi connectivity index (χ0n) is 11.4. The van der Waals surface area contributed by atoms with E-state index in [-0.39, 0.29) is 11.1 Å². The van der Waals surface area contributed by atoms with Crippen molar-refractivity contribution in [3.05, 3.63) is 62.1 Å². The summed E-state index contributed by atoms with van der Waals surface area (Å²) in [6.45, 7) is 0. The van der Waals surface area contributed by atoms with Crippen molar-refractivity contribution in [2.45, 2.75) is 0 Å². The van der Waals surface area contributed by atoms with Crippen LogP contribution in [-0.2, 0) is 0 Å². The Kier molecular flexibility index (Phi) is 4.91. The van der Waals surface area contributed by atoms with Crippen molar-refractivity contribution in [3.8, 4) is 5.75 Å². The Labute approximate surface area is 138 Å². The molecule has 0 amide bonds. The van der Waals surface area contributed by atoms with Gasteiger partial charge < -0.3 is 10.2 Å². The summed E-state index contributed by atoms with van der Waals surface area (Å²) in [6, 6.07) is 8.50. The van der Waals surface area contributed by atoms with Gasteiger partial charge in [-0.05, 0) is 30.3 Å². The number of aromatic carboxylic acids is 1. The minimum absolute atomic E-state index is 0.139. The van der Waals surface area contributed by atoms with Gasteiger partial charge >= 0.3 is 11.7 Å². The zero-order valence-corrected chi connectivity index (χ0v) is 13.0. The number of phenols is 1. The molecule has 0 saturated carbocycles. The summed E-state index contributed by atoms with van der Waals surface area (Å²) < 4.78 is 0.425. The summed E-state index contributed by atoms with van der Waals surface area (Å²) in [5, 5.41) is 33.3. The van der Waals surface area contributed by atoms with Crippen LogP contribution in [0.25, 0.3) is 0 Å². The molecule has 9 heteroatoms. The number of carboxylic acid groups (broad SMARTS) is 1. The highest BCUT2D eigenvalue weighted by molar-refractivity contribution is 9.10. The van der Waals surface area contributed by atoms with E-state index in [0.717, 1.165) is 0 Å². The minimum Gasteiger partial charge on any atom is -0.502 e. The Hall–Kier alpha value is -2.94. The number of nitro benzene ring substituents is 1. The van der Waals surface area contributed by atoms with Crippen molar-refractivity contribution in [3.63, 3.8) is 0 Å². The molecule has 0 unspecified atom stereocenters. The molecule has 0 bridgehead atoms. The molecule has 0 saturated heterocycles. The monoisotopic (exact) mass is 379 g/mol. The largest absolute Gasteiger partial charge is 0.502 e. The number of nitro groups is 1. The Morgan fingerprint density at radius 1 is 1.30 bits per heavy atom. The SMILES string of the molecule is O=C(O)c1ccc(N/N=C/c2cc(Br)cc([N+](=O)[O-])c2O)cc1. The number of phenolic OH excluding ortho intramolecular Hbond substituents is 1. The quantitative estimate of drug-likeness (QED) is 0.416. The van der Waals surface area contributed by atoms with Crippen LogP contribution in [-0.4, -0.2) is 27.3 Å². The molecule has 0 aliphatic heterocycles. The number of hydrazone groups is 1. The summed E-state index contributed by atoms with van der Waals surface area (Å²) in [6.07, 6.45) is 1.22. The summed E-state index contributed by atoms with van der Waals surface area (Å²) in [7, 11) is 0. The van der Waals surface area contributed by atoms with E-state index >= 15 is 0 Å². The fourth-order valence-corrected chi connectivity index (χ4v) is 2.17. The average molecular weight is 380 g/mol. The van der Waals surface area contributed by atoms with Gasteiger partial charge in [-0.3, -0.25) is 15.5 Å². The van der Waals surface area contributed by atoms with E-state index in [0.29, 0.717) is 10.2 Å². The molecule has 8 nitrogen and oxygen atoms in total. The number of aromatic hydroxyl groups is 1. The van der Waals surface area contributed by atoms with Crippen LogP contribution in [0.3, 0.4) is 0 Å². The van der Waals surface area contributed by atoms with Crippen molar-refractivity contribution in [1.82, 2.24) is 0 Å². The van der Waals surface area contributed by atoms with Gasteiger partial charge in [-0.1, -0.05) is 15.9 Å². The van der Waals surface area contributed by atoms with E-state index in [1.54, 1.807) is 0 Å². The molecule has 3 N–H and O–H groups in total. The maximum Gasteiger partial charge on any atom is 0.335 e. The zero-order chi connectivity index (χ0) is 17.0. The lowest BCUT2D eigenvalue weighted by molar-refractivity contribution is -0.385. The lowest BCUT2D eigenvalue weighted by Gasteiger charge is -2.03. The second-order valence-corrected chi connectivity index (χ2v) is 5.29. The molecule has 0 aromatic heterocycles. The van der Waals surface area contributed by atoms with Gasteiger partial charge in [-0.25, -0.2) is 4.79 Å². The third-order valence-corrected chi connectivity index (χ3v) is 3.27. The van der Waals surface area contributed by atoms with Crippen molar-refractivity contribution in [1.29, 1.82) is 0 Å². The van der Waals surface area contributed by atoms with Crippen LogP contribution in [0.15, 0.2) is 46.0 Å². The van der Waals surface area contributed by atoms with E-state index < -0.39 is 22.3 Å². The first kappa shape index (κ1) is 16.4. The number of nitrogens with one attached hydrogen (secondary N) is 1. The molecule has 0 radical (unpaired) electrons. The minimum atomic E-state index is -1.04. The van der Waals surface area contributed by atoms with Crippen LogP contribution in [0.2, 0.25) is 0 Å². The molecule has 0 atom stereocenters. The molecular weight excluding hydrogens is 370 g/mol. The van der Waals surface area contributed by atoms with Crippen LogP contribution in [0.1, 0.15) is 15.9 Å². The molecule has 0 heterocycles. The number of hydrogen-bond acceptors (Lipinski definition) is 6. The number of hydrogen-bond donors (Lipinski definition) is 3. The highest BCUT2D eigenvalue weighted by atomic mass is 79.9. The van der Waals surface area contributed by atoms with Gasteiger partial charge in [0, 0.05) is 16.1 Å². The van der Waals surface area contributed by atoms with Gasteiger partial charge in [0.25, 0.3) is 0 Å². The van der Waals surface area contributed by atoms with E-state index in [1.165, 1.54) is 42.6 Å². The fraction of sp³-hybridized carbons (Fsp3) is 0. The van der Waals surface area contributed by atoms with Gasteiger partial charge in [-0.2, -0.15) is 5.10 Å². The number of benzene rings is 2. The van der Waals surface area contributed by atoms with Crippen LogP contribution >= 0.6 is 15.9 Å². The van der Waals surface area contributed by atoms with Crippen LogP contribution in [0, 0.1) is 10.1 Å². The number of anilines is 1. The summed E-state index contributed by atoms with van der Waals surface area (Å²) in [4.78, 5) is 20.9. The Morgan fingerprint density at radius 2 is 1.96 bits per heavy atom. The van der Waals surface area contributed by atoms with Crippen LogP contribution < -0.4 is 5.43 Å². The maximum atomic E-state index is 10.8. The van der Waals surface area contributed by atoms with Gasteiger partial charge in [0.2, 0.25) is 5.75 Å². The maximum absolute atomic E-state index is 10.8. The molecule has 0 aliphatic carbocycles. The Bertz CT molecular complexity index is 790. The first-order valence-electron chi connectivity index (χ1n) is 6.18. The topological polar surface area (TPSA) is 125 Å². The predicted octanol–water partition coefficient (Wildman–Crippen LogP) is 3.21. The van der Waals surface area contributed by atoms with E-state index in [9.17, 15) is 20.0 Å². The number of rotatable bonds is 5. The first-order valence-corrected chi connectivity index (χ1v) is 6.97. The van der Waals surface area contributed by atoms with Crippen LogP contribution in [0.4, 0.5) is 11.4 Å². The van der Waals surface area contributed by atoms with E-state index in [1.807, 2.05) is 0 Å². The van der Waals surface area contributed by atoms with Crippen molar-refractivity contribution in [2.75, 3.05) is 5.43 Å². The van der Waals surface area contributed by atoms with Crippen molar-refractivity contribution < 1.29 is 19.9 Å². The number of carbonyl (C=O) groups is 1. The second kappa shape index (κ2) is 6.88. The fourth-order valence-electron chi connectivity index (χ4n) is 1.71. The summed E-state index contributed by atoms with van der Waals surface area (Å²) in [5.41, 5.74) is 3.01. The second-order valence-electron chi connectivity index (χ2n) is 4.37. The van der Waals surface area contributed by atoms with Gasteiger partial charge in [0.05, 0.1) is 22.4 Å². The first-order chi connectivity index (χ1) is 10.9. The molecule has 0 fully saturated rings. The van der Waals surface area contributed by atoms with Gasteiger partial charge in [0.15, 0.2) is 0 Å². The normalized spacial score (nSPS) is 10.7. The standard InChI is InChI=1S/C14H10BrN3O5/c15-10-5-9(13(19)12(6-10)18(22)23)7-16-17-11-3-1-8(2-4-11)14(20)21/h1-7,17,19H,(H,20,21)/b16-7+. The lowest BCUT2D eigenvalue weighted by atomic mass is 10.2. The number of carboxylic acids is 1. The third kappa shape index (κ3) is 4.04. The number of halogens is 1. The Balaban J connectivity index is 2.17. The smallest absolute Gasteiger partial charge is 0.335 e. The average Bonchev–Trinajstić information content (AvgIpc) is 2.50. The Morgan fingerprint density at radius 3 is 2.52 bits per heavy atom. The highest BCUT2D eigenvalue weighted by Crippen LogP contribution is 2.32. The summed E-state index contributed by atoms with van der Waals surface area (Å²) >= 11 is 3.12. The molecule has 2 rings (SSSR count). The molecule has 0 spiro atoms. The molecular formula is C14H10BrN3O5. The van der Waals surface area contributed by atoms with Crippen molar-refractivity contribution >= 4 is 39.5 Å². The van der Waals surface area contributed by atoms with Gasteiger partial charge in [-0.15, -0.1) is 0 Å². The predicted molar refractivity (Wildman–Crippen MR) is 87.1 cm³/mol. The van der Waals surface area contributed by atoms with Gasteiger partial charge in [0.1, 0.15) is 0 Å². The van der Waals surface area contributed by atoms with Crippen LogP contribution in [0.5, 0.6) is 5.75 Å². The number of nitrogens with zero attached hydrogens (tertiary/aromatic N) is 2. The summed E-state index contributed by atoms with van der Waals surface area (Å²) in [5.74, 6) is -1.53. The third-order valence-electron chi connectivity index (χ3n) is 2.81. The van der Waals surface area contributed by atoms with E-state index in [4.69, 9.17) is 5.11 Å². The highest BCUT2D eigenvalue weighted by Gasteiger charge is 2.17. The molecule has 0 aliphatic rings. The lowest BCUT2D eigenvalue weighted by Crippen LogP contribution is -1.97. The molecule has 2 aromatic carbocycles. The van der Waals surface area contributed by atoms with E-state index in [2.05, 4.69) is 26.5 Å².